The standard InChI is InChI=1S/C8H22B4O/c1-13-7-8(4-6-12-10)3-2-5-11-9/h8,11-12H,2-7,9-10H2,1H3. The molecule has 0 radical (unpaired) electrons. The van der Waals surface area contributed by atoms with Gasteiger partial charge in [-0.05, 0) is 12.3 Å². The van der Waals surface area contributed by atoms with Crippen LogP contribution in [0.2, 0.25) is 12.6 Å². The Morgan fingerprint density at radius 3 is 2.38 bits per heavy atom. The van der Waals surface area contributed by atoms with E-state index in [4.69, 9.17) is 4.74 Å². The lowest BCUT2D eigenvalue weighted by Crippen LogP contribution is -2.09. The lowest BCUT2D eigenvalue weighted by Gasteiger charge is -2.14. The highest BCUT2D eigenvalue weighted by Gasteiger charge is 2.06. The highest BCUT2D eigenvalue weighted by molar-refractivity contribution is 6.89. The monoisotopic (exact) mass is 178 g/mol. The van der Waals surface area contributed by atoms with Gasteiger partial charge in [0.25, 0.3) is 0 Å². The van der Waals surface area contributed by atoms with Gasteiger partial charge in [-0.3, -0.25) is 0 Å². The maximum absolute atomic E-state index is 5.23. The Labute approximate surface area is 86.7 Å². The lowest BCUT2D eigenvalue weighted by atomic mass is 9.52. The van der Waals surface area contributed by atoms with E-state index in [-0.39, 0.29) is 0 Å². The summed E-state index contributed by atoms with van der Waals surface area (Å²) in [4.78, 5) is 0. The fourth-order valence-corrected chi connectivity index (χ4v) is 1.72. The molecule has 0 spiro atoms. The van der Waals surface area contributed by atoms with Gasteiger partial charge in [-0.15, -0.1) is 0 Å². The molecular weight excluding hydrogens is 155 g/mol. The summed E-state index contributed by atoms with van der Waals surface area (Å²) in [6.07, 6.45) is 6.84. The van der Waals surface area contributed by atoms with Crippen LogP contribution >= 0.6 is 0 Å². The molecule has 0 aromatic rings. The SMILES string of the molecule is BBCCCC(CCBB)COC. The Morgan fingerprint density at radius 2 is 1.85 bits per heavy atom. The average molecular weight is 178 g/mol. The van der Waals surface area contributed by atoms with Crippen molar-refractivity contribution in [2.45, 2.75) is 31.9 Å². The third-order valence-corrected chi connectivity index (χ3v) is 2.58. The van der Waals surface area contributed by atoms with Gasteiger partial charge in [0.2, 0.25) is 0 Å². The summed E-state index contributed by atoms with van der Waals surface area (Å²) < 4.78 is 5.23. The van der Waals surface area contributed by atoms with E-state index in [1.807, 2.05) is 7.11 Å². The van der Waals surface area contributed by atoms with Crippen LogP contribution in [-0.2, 0) is 4.74 Å². The minimum Gasteiger partial charge on any atom is -0.384 e. The van der Waals surface area contributed by atoms with Gasteiger partial charge in [-0.25, -0.2) is 0 Å². The summed E-state index contributed by atoms with van der Waals surface area (Å²) in [5.41, 5.74) is 0. The number of hydrogen-bond donors (Lipinski definition) is 0. The molecule has 1 atom stereocenters. The van der Waals surface area contributed by atoms with Crippen molar-refractivity contribution in [2.24, 2.45) is 5.92 Å². The van der Waals surface area contributed by atoms with Gasteiger partial charge in [0.1, 0.15) is 0 Å². The zero-order valence-corrected chi connectivity index (χ0v) is 9.64. The zero-order valence-electron chi connectivity index (χ0n) is 9.64. The highest BCUT2D eigenvalue weighted by atomic mass is 16.5. The van der Waals surface area contributed by atoms with E-state index < -0.39 is 0 Å². The first-order valence-corrected chi connectivity index (χ1v) is 5.84. The van der Waals surface area contributed by atoms with Gasteiger partial charge in [0, 0.05) is 13.7 Å². The van der Waals surface area contributed by atoms with E-state index in [0.717, 1.165) is 12.5 Å². The minimum absolute atomic E-state index is 0.816. The maximum Gasteiger partial charge on any atom is 0.0821 e. The smallest absolute Gasteiger partial charge is 0.0821 e. The van der Waals surface area contributed by atoms with Crippen LogP contribution < -0.4 is 0 Å². The first kappa shape index (κ1) is 13.2. The van der Waals surface area contributed by atoms with Gasteiger partial charge in [0.15, 0.2) is 0 Å². The second kappa shape index (κ2) is 10.3. The maximum atomic E-state index is 5.23. The van der Waals surface area contributed by atoms with Crippen LogP contribution in [0.1, 0.15) is 19.3 Å². The molecule has 0 aliphatic rings. The van der Waals surface area contributed by atoms with Crippen LogP contribution in [0.3, 0.4) is 0 Å². The van der Waals surface area contributed by atoms with Crippen LogP contribution in [0.5, 0.6) is 0 Å². The second-order valence-corrected chi connectivity index (χ2v) is 3.96. The van der Waals surface area contributed by atoms with Gasteiger partial charge in [-0.2, -0.15) is 0 Å². The van der Waals surface area contributed by atoms with E-state index >= 15 is 0 Å². The van der Waals surface area contributed by atoms with Crippen molar-refractivity contribution in [3.8, 4) is 0 Å². The van der Waals surface area contributed by atoms with E-state index in [1.54, 1.807) is 0 Å². The third kappa shape index (κ3) is 8.55. The largest absolute Gasteiger partial charge is 0.384 e. The topological polar surface area (TPSA) is 9.23 Å². The summed E-state index contributed by atoms with van der Waals surface area (Å²) in [5, 5.41) is 0. The molecule has 13 heavy (non-hydrogen) atoms. The molecule has 1 nitrogen and oxygen atoms in total. The molecule has 0 aliphatic carbocycles. The second-order valence-electron chi connectivity index (χ2n) is 3.96. The van der Waals surface area contributed by atoms with Crippen molar-refractivity contribution in [1.82, 2.24) is 0 Å². The fourth-order valence-electron chi connectivity index (χ4n) is 1.72. The van der Waals surface area contributed by atoms with Crippen molar-refractivity contribution in [2.75, 3.05) is 13.7 Å². The van der Waals surface area contributed by atoms with E-state index in [2.05, 4.69) is 15.5 Å². The minimum atomic E-state index is 0.816. The molecule has 0 amide bonds. The van der Waals surface area contributed by atoms with Gasteiger partial charge >= 0.3 is 0 Å². The van der Waals surface area contributed by atoms with Gasteiger partial charge in [-0.1, -0.05) is 25.5 Å². The zero-order chi connectivity index (χ0) is 9.94. The molecule has 0 heterocycles. The first-order chi connectivity index (χ1) is 6.35. The van der Waals surface area contributed by atoms with Crippen LogP contribution in [0, 0.1) is 5.92 Å². The summed E-state index contributed by atoms with van der Waals surface area (Å²) in [6.45, 7) is 0.962. The number of methoxy groups -OCH3 is 1. The molecule has 0 N–H and O–H groups in total. The van der Waals surface area contributed by atoms with E-state index in [1.165, 1.54) is 46.2 Å². The fraction of sp³-hybridized carbons (Fsp3) is 1.00. The number of ether oxygens (including phenoxy) is 1. The summed E-state index contributed by atoms with van der Waals surface area (Å²) in [6, 6.07) is 0. The molecule has 0 aromatic carbocycles. The van der Waals surface area contributed by atoms with Crippen molar-refractivity contribution >= 4 is 29.8 Å². The molecule has 0 bridgehead atoms. The molecule has 0 saturated heterocycles. The third-order valence-electron chi connectivity index (χ3n) is 2.58. The van der Waals surface area contributed by atoms with E-state index in [0.29, 0.717) is 0 Å². The van der Waals surface area contributed by atoms with E-state index in [9.17, 15) is 0 Å². The molecular formula is C8H22B4O. The molecule has 0 fully saturated rings. The number of rotatable bonds is 9. The molecule has 0 aromatic heterocycles. The normalized spacial score (nSPS) is 12.4. The lowest BCUT2D eigenvalue weighted by molar-refractivity contribution is 0.145. The van der Waals surface area contributed by atoms with Gasteiger partial charge in [0.05, 0.1) is 29.8 Å². The van der Waals surface area contributed by atoms with Crippen LogP contribution in [0.25, 0.3) is 0 Å². The quantitative estimate of drug-likeness (QED) is 0.332. The van der Waals surface area contributed by atoms with Crippen molar-refractivity contribution in [3.63, 3.8) is 0 Å². The van der Waals surface area contributed by atoms with Gasteiger partial charge < -0.3 is 4.74 Å². The molecule has 0 rings (SSSR count). The van der Waals surface area contributed by atoms with Crippen molar-refractivity contribution < 1.29 is 4.74 Å². The summed E-state index contributed by atoms with van der Waals surface area (Å²) in [7, 11) is 8.98. The Bertz CT molecular complexity index is 102. The summed E-state index contributed by atoms with van der Waals surface area (Å²) >= 11 is 0. The molecule has 5 heteroatoms. The Balaban J connectivity index is 3.41. The molecule has 0 saturated carbocycles. The molecule has 1 unspecified atom stereocenters. The van der Waals surface area contributed by atoms with Crippen molar-refractivity contribution in [3.05, 3.63) is 0 Å². The Hall–Kier alpha value is 0.220. The first-order valence-electron chi connectivity index (χ1n) is 5.84. The molecule has 72 valence electrons. The Morgan fingerprint density at radius 1 is 1.15 bits per heavy atom. The van der Waals surface area contributed by atoms with Crippen LogP contribution in [0.4, 0.5) is 0 Å². The predicted molar refractivity (Wildman–Crippen MR) is 70.2 cm³/mol. The van der Waals surface area contributed by atoms with Crippen LogP contribution in [-0.4, -0.2) is 43.5 Å². The highest BCUT2D eigenvalue weighted by Crippen LogP contribution is 2.15. The Kier molecular flexibility index (Phi) is 10.5. The predicted octanol–water partition coefficient (Wildman–Crippen LogP) is -0.775. The molecule has 0 aliphatic heterocycles. The van der Waals surface area contributed by atoms with Crippen LogP contribution in [0.15, 0.2) is 0 Å². The average Bonchev–Trinajstić information content (AvgIpc) is 2.14. The summed E-state index contributed by atoms with van der Waals surface area (Å²) in [5.74, 6) is 0.816. The number of hydrogen-bond acceptors (Lipinski definition) is 1. The van der Waals surface area contributed by atoms with Crippen molar-refractivity contribution in [1.29, 1.82) is 0 Å².